The lowest BCUT2D eigenvalue weighted by Gasteiger charge is -2.12. The van der Waals surface area contributed by atoms with Crippen molar-refractivity contribution in [2.24, 2.45) is 0 Å². The molecule has 0 saturated carbocycles. The number of nitrogens with one attached hydrogen (secondary N) is 1. The van der Waals surface area contributed by atoms with Gasteiger partial charge in [-0.3, -0.25) is 19.3 Å². The molecule has 2 aromatic rings. The lowest BCUT2D eigenvalue weighted by atomic mass is 10.1. The summed E-state index contributed by atoms with van der Waals surface area (Å²) in [5, 5.41) is 2.68. The molecule has 0 radical (unpaired) electrons. The summed E-state index contributed by atoms with van der Waals surface area (Å²) in [5.41, 5.74) is 1.68. The van der Waals surface area contributed by atoms with Gasteiger partial charge in [0.05, 0.1) is 30.2 Å². The number of benzene rings is 2. The Bertz CT molecular complexity index is 920. The average molecular weight is 438 g/mol. The number of hydrogen-bond acceptors (Lipinski definition) is 6. The van der Waals surface area contributed by atoms with E-state index in [9.17, 15) is 14.4 Å². The number of fused-ring (bicyclic) bond motifs is 1. The number of hydrogen-bond donors (Lipinski definition) is 1. The largest absolute Gasteiger partial charge is 0.500 e. The second kappa shape index (κ2) is 12.6. The smallest absolute Gasteiger partial charge is 0.261 e. The van der Waals surface area contributed by atoms with Crippen molar-refractivity contribution in [3.05, 3.63) is 85.3 Å². The first-order valence-electron chi connectivity index (χ1n) is 9.88. The highest BCUT2D eigenvalue weighted by molar-refractivity contribution is 6.21. The van der Waals surface area contributed by atoms with Crippen molar-refractivity contribution in [1.29, 1.82) is 0 Å². The molecule has 8 heteroatoms. The fourth-order valence-corrected chi connectivity index (χ4v) is 2.80. The molecule has 1 N–H and O–H groups in total. The summed E-state index contributed by atoms with van der Waals surface area (Å²) in [4.78, 5) is 35.6. The summed E-state index contributed by atoms with van der Waals surface area (Å²) in [6.45, 7) is 9.74. The first kappa shape index (κ1) is 24.2. The summed E-state index contributed by atoms with van der Waals surface area (Å²) in [6, 6.07) is 13.9. The first-order chi connectivity index (χ1) is 15.5. The predicted octanol–water partition coefficient (Wildman–Crippen LogP) is 3.63. The maximum absolute atomic E-state index is 11.8. The monoisotopic (exact) mass is 438 g/mol. The fraction of sp³-hybridized carbons (Fsp3) is 0.208. The van der Waals surface area contributed by atoms with Crippen molar-refractivity contribution in [3.63, 3.8) is 0 Å². The van der Waals surface area contributed by atoms with Crippen molar-refractivity contribution in [3.8, 4) is 5.75 Å². The van der Waals surface area contributed by atoms with Crippen molar-refractivity contribution in [2.75, 3.05) is 31.7 Å². The SMILES string of the molecule is C=COCCN1C(=O)c2ccccc2C1=O.C=COCCOc1ccc(NC(C)=O)cc1. The van der Waals surface area contributed by atoms with Crippen LogP contribution in [0.25, 0.3) is 0 Å². The van der Waals surface area contributed by atoms with Crippen LogP contribution in [0.1, 0.15) is 27.6 Å². The first-order valence-corrected chi connectivity index (χ1v) is 9.88. The van der Waals surface area contributed by atoms with Crippen LogP contribution in [0, 0.1) is 0 Å². The summed E-state index contributed by atoms with van der Waals surface area (Å²) in [7, 11) is 0. The zero-order valence-electron chi connectivity index (χ0n) is 17.9. The van der Waals surface area contributed by atoms with Crippen LogP contribution in [0.15, 0.2) is 74.2 Å². The van der Waals surface area contributed by atoms with E-state index in [1.165, 1.54) is 24.3 Å². The van der Waals surface area contributed by atoms with Gasteiger partial charge in [-0.2, -0.15) is 0 Å². The van der Waals surface area contributed by atoms with E-state index in [0.29, 0.717) is 24.3 Å². The second-order valence-electron chi connectivity index (χ2n) is 6.44. The minimum atomic E-state index is -0.256. The quantitative estimate of drug-likeness (QED) is 0.346. The summed E-state index contributed by atoms with van der Waals surface area (Å²) in [5.74, 6) is 0.136. The van der Waals surface area contributed by atoms with Crippen LogP contribution in [0.2, 0.25) is 0 Å². The van der Waals surface area contributed by atoms with Crippen molar-refractivity contribution in [2.45, 2.75) is 6.92 Å². The molecule has 3 rings (SSSR count). The van der Waals surface area contributed by atoms with Crippen LogP contribution >= 0.6 is 0 Å². The Balaban J connectivity index is 0.000000227. The Hall–Kier alpha value is -4.07. The Morgan fingerprint density at radius 1 is 0.906 bits per heavy atom. The zero-order valence-corrected chi connectivity index (χ0v) is 17.9. The molecule has 8 nitrogen and oxygen atoms in total. The second-order valence-corrected chi connectivity index (χ2v) is 6.44. The van der Waals surface area contributed by atoms with Gasteiger partial charge in [0.15, 0.2) is 0 Å². The number of carbonyl (C=O) groups excluding carboxylic acids is 3. The Kier molecular flexibility index (Phi) is 9.52. The standard InChI is InChI=1S/C12H11NO3.C12H15NO3/c1-2-16-8-7-13-11(14)9-5-3-4-6-10(9)12(13)15;1-3-15-8-9-16-12-6-4-11(5-7-12)13-10(2)14/h2-6H,1,7-8H2;3-7H,1,8-9H2,2H3,(H,13,14). The van der Waals surface area contributed by atoms with Gasteiger partial charge in [0.25, 0.3) is 11.8 Å². The van der Waals surface area contributed by atoms with Gasteiger partial charge in [-0.25, -0.2) is 0 Å². The maximum Gasteiger partial charge on any atom is 0.261 e. The lowest BCUT2D eigenvalue weighted by Crippen LogP contribution is -2.32. The van der Waals surface area contributed by atoms with E-state index in [1.807, 2.05) is 0 Å². The molecule has 0 aliphatic carbocycles. The van der Waals surface area contributed by atoms with E-state index >= 15 is 0 Å². The molecular formula is C24H26N2O6. The molecule has 0 aromatic heterocycles. The Morgan fingerprint density at radius 3 is 2.00 bits per heavy atom. The summed E-state index contributed by atoms with van der Waals surface area (Å²) in [6.07, 6.45) is 2.67. The molecule has 32 heavy (non-hydrogen) atoms. The topological polar surface area (TPSA) is 94.2 Å². The molecule has 0 saturated heterocycles. The van der Waals surface area contributed by atoms with Crippen molar-refractivity contribution < 1.29 is 28.6 Å². The molecular weight excluding hydrogens is 412 g/mol. The van der Waals surface area contributed by atoms with Gasteiger partial charge >= 0.3 is 0 Å². The third-order valence-electron chi connectivity index (χ3n) is 4.19. The van der Waals surface area contributed by atoms with Crippen LogP contribution in [-0.2, 0) is 14.3 Å². The number of ether oxygens (including phenoxy) is 3. The van der Waals surface area contributed by atoms with E-state index in [0.717, 1.165) is 11.4 Å². The molecule has 2 aromatic carbocycles. The van der Waals surface area contributed by atoms with E-state index in [2.05, 4.69) is 18.5 Å². The number of amides is 3. The number of anilines is 1. The van der Waals surface area contributed by atoms with Gasteiger partial charge in [-0.1, -0.05) is 25.3 Å². The number of rotatable bonds is 10. The van der Waals surface area contributed by atoms with Gasteiger partial charge in [0, 0.05) is 12.6 Å². The van der Waals surface area contributed by atoms with E-state index in [1.54, 1.807) is 48.5 Å². The Labute approximate surface area is 187 Å². The minimum Gasteiger partial charge on any atom is -0.500 e. The van der Waals surface area contributed by atoms with Crippen molar-refractivity contribution >= 4 is 23.4 Å². The van der Waals surface area contributed by atoms with Crippen LogP contribution in [0.5, 0.6) is 5.75 Å². The van der Waals surface area contributed by atoms with Gasteiger partial charge in [0.1, 0.15) is 25.6 Å². The van der Waals surface area contributed by atoms with Crippen molar-refractivity contribution in [1.82, 2.24) is 4.90 Å². The average Bonchev–Trinajstić information content (AvgIpc) is 3.03. The predicted molar refractivity (Wildman–Crippen MR) is 120 cm³/mol. The third-order valence-corrected chi connectivity index (χ3v) is 4.19. The summed E-state index contributed by atoms with van der Waals surface area (Å²) >= 11 is 0. The maximum atomic E-state index is 11.8. The van der Waals surface area contributed by atoms with Crippen LogP contribution in [-0.4, -0.2) is 49.0 Å². The highest BCUT2D eigenvalue weighted by atomic mass is 16.5. The molecule has 1 aliphatic heterocycles. The molecule has 3 amide bonds. The van der Waals surface area contributed by atoms with E-state index in [-0.39, 0.29) is 30.9 Å². The molecule has 0 fully saturated rings. The zero-order chi connectivity index (χ0) is 23.3. The molecule has 0 bridgehead atoms. The highest BCUT2D eigenvalue weighted by Gasteiger charge is 2.34. The van der Waals surface area contributed by atoms with E-state index < -0.39 is 0 Å². The number of carbonyl (C=O) groups is 3. The lowest BCUT2D eigenvalue weighted by molar-refractivity contribution is -0.114. The molecule has 1 heterocycles. The molecule has 0 unspecified atom stereocenters. The van der Waals surface area contributed by atoms with Crippen LogP contribution in [0.4, 0.5) is 5.69 Å². The highest BCUT2D eigenvalue weighted by Crippen LogP contribution is 2.21. The van der Waals surface area contributed by atoms with E-state index in [4.69, 9.17) is 14.2 Å². The number of nitrogens with zero attached hydrogens (tertiary/aromatic N) is 1. The molecule has 168 valence electrons. The van der Waals surface area contributed by atoms with Gasteiger partial charge < -0.3 is 19.5 Å². The Morgan fingerprint density at radius 2 is 1.47 bits per heavy atom. The van der Waals surface area contributed by atoms with Gasteiger partial charge in [-0.05, 0) is 36.4 Å². The number of imide groups is 1. The third kappa shape index (κ3) is 7.02. The molecule has 1 aliphatic rings. The normalized spacial score (nSPS) is 11.6. The van der Waals surface area contributed by atoms with Gasteiger partial charge in [-0.15, -0.1) is 0 Å². The minimum absolute atomic E-state index is 0.0898. The van der Waals surface area contributed by atoms with Gasteiger partial charge in [0.2, 0.25) is 5.91 Å². The summed E-state index contributed by atoms with van der Waals surface area (Å²) < 4.78 is 15.2. The molecule has 0 spiro atoms. The van der Waals surface area contributed by atoms with Crippen LogP contribution in [0.3, 0.4) is 0 Å². The fourth-order valence-electron chi connectivity index (χ4n) is 2.80. The van der Waals surface area contributed by atoms with Crippen LogP contribution < -0.4 is 10.1 Å². The molecule has 0 atom stereocenters.